The first kappa shape index (κ1) is 18.2. The van der Waals surface area contributed by atoms with Crippen LogP contribution < -0.4 is 0 Å². The fraction of sp³-hybridized carbons (Fsp3) is 0.318. The van der Waals surface area contributed by atoms with E-state index in [0.29, 0.717) is 0 Å². The number of hydrogen-bond donors (Lipinski definition) is 0. The van der Waals surface area contributed by atoms with Crippen molar-refractivity contribution in [3.8, 4) is 0 Å². The summed E-state index contributed by atoms with van der Waals surface area (Å²) >= 11 is 0. The van der Waals surface area contributed by atoms with Gasteiger partial charge < -0.3 is 4.90 Å². The van der Waals surface area contributed by atoms with Gasteiger partial charge >= 0.3 is 0 Å². The van der Waals surface area contributed by atoms with Gasteiger partial charge in [0.2, 0.25) is 0 Å². The van der Waals surface area contributed by atoms with E-state index in [2.05, 4.69) is 118 Å². The lowest BCUT2D eigenvalue weighted by atomic mass is 9.89. The van der Waals surface area contributed by atoms with E-state index in [1.54, 1.807) is 0 Å². The second-order valence-corrected chi connectivity index (χ2v) is 6.89. The molecule has 0 radical (unpaired) electrons. The number of hydrogen-bond acceptors (Lipinski definition) is 1. The molecule has 0 heterocycles. The molecule has 1 unspecified atom stereocenters. The largest absolute Gasteiger partial charge is 0.300 e. The van der Waals surface area contributed by atoms with E-state index < -0.39 is 0 Å². The van der Waals surface area contributed by atoms with E-state index >= 15 is 0 Å². The van der Waals surface area contributed by atoms with Crippen molar-refractivity contribution < 1.29 is 4.58 Å². The third-order valence-corrected chi connectivity index (χ3v) is 4.62. The Labute approximate surface area is 146 Å². The molecular weight excluding hydrogens is 292 g/mol. The molecule has 0 fully saturated rings. The van der Waals surface area contributed by atoms with Gasteiger partial charge in [0.05, 0.1) is 0 Å². The minimum absolute atomic E-state index is 0.139. The Hall–Kier alpha value is -2.19. The Morgan fingerprint density at radius 3 is 2.25 bits per heavy atom. The van der Waals surface area contributed by atoms with Gasteiger partial charge in [-0.2, -0.15) is 0 Å². The lowest BCUT2D eigenvalue weighted by Gasteiger charge is -2.34. The molecule has 2 aliphatic rings. The third-order valence-electron chi connectivity index (χ3n) is 4.62. The molecule has 0 amide bonds. The van der Waals surface area contributed by atoms with Crippen LogP contribution in [0, 0.1) is 0 Å². The van der Waals surface area contributed by atoms with Crippen LogP contribution in [0.2, 0.25) is 0 Å². The van der Waals surface area contributed by atoms with E-state index in [-0.39, 0.29) is 5.54 Å². The zero-order valence-electron chi connectivity index (χ0n) is 15.5. The summed E-state index contributed by atoms with van der Waals surface area (Å²) < 4.78 is 2.11. The highest BCUT2D eigenvalue weighted by Crippen LogP contribution is 2.25. The van der Waals surface area contributed by atoms with Crippen molar-refractivity contribution in [2.45, 2.75) is 18.9 Å². The topological polar surface area (TPSA) is 6.25 Å². The summed E-state index contributed by atoms with van der Waals surface area (Å²) in [7, 11) is 8.36. The van der Waals surface area contributed by atoms with E-state index in [4.69, 9.17) is 0 Å². The van der Waals surface area contributed by atoms with Crippen LogP contribution in [0.25, 0.3) is 0 Å². The minimum Gasteiger partial charge on any atom is -0.300 e. The van der Waals surface area contributed by atoms with Gasteiger partial charge in [-0.15, -0.1) is 0 Å². The maximum Gasteiger partial charge on any atom is 0.199 e. The Balaban J connectivity index is 1.89. The van der Waals surface area contributed by atoms with Crippen molar-refractivity contribution >= 4 is 5.71 Å². The zero-order valence-corrected chi connectivity index (χ0v) is 15.5. The maximum absolute atomic E-state index is 2.30. The zero-order chi connectivity index (χ0) is 17.6. The van der Waals surface area contributed by atoms with Crippen LogP contribution in [0.3, 0.4) is 0 Å². The molecule has 2 heteroatoms. The molecule has 0 aromatic heterocycles. The second kappa shape index (κ2) is 8.07. The van der Waals surface area contributed by atoms with Crippen molar-refractivity contribution in [3.63, 3.8) is 0 Å². The Bertz CT molecular complexity index is 684. The summed E-state index contributed by atoms with van der Waals surface area (Å²) in [5.41, 5.74) is 3.84. The first-order valence-electron chi connectivity index (χ1n) is 8.43. The summed E-state index contributed by atoms with van der Waals surface area (Å²) in [4.78, 5) is 2.26. The van der Waals surface area contributed by atoms with Crippen LogP contribution in [-0.2, 0) is 0 Å². The average Bonchev–Trinajstić information content (AvgIpc) is 2.56. The van der Waals surface area contributed by atoms with E-state index in [1.165, 1.54) is 16.9 Å². The van der Waals surface area contributed by atoms with Crippen LogP contribution >= 0.6 is 0 Å². The van der Waals surface area contributed by atoms with Crippen LogP contribution in [-0.4, -0.2) is 48.9 Å². The molecule has 0 saturated carbocycles. The molecule has 0 aromatic rings. The summed E-state index contributed by atoms with van der Waals surface area (Å²) in [5.74, 6) is 0. The van der Waals surface area contributed by atoms with Crippen molar-refractivity contribution in [2.24, 2.45) is 0 Å². The van der Waals surface area contributed by atoms with Gasteiger partial charge in [-0.05, 0) is 50.7 Å². The Kier molecular flexibility index (Phi) is 6.10. The molecule has 0 saturated heterocycles. The van der Waals surface area contributed by atoms with Gasteiger partial charge in [-0.3, -0.25) is 0 Å². The molecule has 0 N–H and O–H groups in total. The molecule has 126 valence electrons. The molecule has 0 spiro atoms. The van der Waals surface area contributed by atoms with E-state index in [0.717, 1.165) is 6.42 Å². The SMILES string of the molecule is CN(C)C1(C)C=CC(/C=C/C=C/C=C2C=CC(=[N+](C)C)C=C2)=CC1. The molecular formula is C22H29N2+. The highest BCUT2D eigenvalue weighted by atomic mass is 15.1. The normalized spacial score (nSPS) is 23.7. The minimum atomic E-state index is 0.139. The first-order valence-corrected chi connectivity index (χ1v) is 8.43. The number of rotatable bonds is 4. The summed E-state index contributed by atoms with van der Waals surface area (Å²) in [5, 5.41) is 0. The lowest BCUT2D eigenvalue weighted by molar-refractivity contribution is -0.462. The van der Waals surface area contributed by atoms with Gasteiger partial charge in [0.15, 0.2) is 5.71 Å². The molecule has 2 rings (SSSR count). The Morgan fingerprint density at radius 2 is 1.71 bits per heavy atom. The van der Waals surface area contributed by atoms with Gasteiger partial charge in [0.25, 0.3) is 0 Å². The lowest BCUT2D eigenvalue weighted by Crippen LogP contribution is -2.39. The van der Waals surface area contributed by atoms with Crippen LogP contribution in [0.4, 0.5) is 0 Å². The molecule has 0 aliphatic heterocycles. The van der Waals surface area contributed by atoms with E-state index in [9.17, 15) is 0 Å². The predicted octanol–water partition coefficient (Wildman–Crippen LogP) is 4.07. The Morgan fingerprint density at radius 1 is 1.00 bits per heavy atom. The highest BCUT2D eigenvalue weighted by Gasteiger charge is 2.23. The monoisotopic (exact) mass is 321 g/mol. The molecule has 0 bridgehead atoms. The van der Waals surface area contributed by atoms with Gasteiger partial charge in [0.1, 0.15) is 14.1 Å². The fourth-order valence-electron chi connectivity index (χ4n) is 2.47. The van der Waals surface area contributed by atoms with Crippen molar-refractivity contribution in [1.82, 2.24) is 4.90 Å². The summed E-state index contributed by atoms with van der Waals surface area (Å²) in [6.45, 7) is 2.26. The van der Waals surface area contributed by atoms with Gasteiger partial charge in [-0.25, -0.2) is 4.58 Å². The first-order chi connectivity index (χ1) is 11.4. The fourth-order valence-corrected chi connectivity index (χ4v) is 2.47. The highest BCUT2D eigenvalue weighted by molar-refractivity contribution is 6.02. The van der Waals surface area contributed by atoms with Crippen LogP contribution in [0.15, 0.2) is 84.1 Å². The van der Waals surface area contributed by atoms with Gasteiger partial charge in [-0.1, -0.05) is 48.6 Å². The molecule has 0 aromatic carbocycles. The third kappa shape index (κ3) is 4.90. The van der Waals surface area contributed by atoms with Crippen molar-refractivity contribution in [1.29, 1.82) is 0 Å². The van der Waals surface area contributed by atoms with Crippen molar-refractivity contribution in [3.05, 3.63) is 84.1 Å². The molecule has 2 nitrogen and oxygen atoms in total. The predicted molar refractivity (Wildman–Crippen MR) is 106 cm³/mol. The summed E-state index contributed by atoms with van der Waals surface area (Å²) in [6.07, 6.45) is 26.9. The second-order valence-electron chi connectivity index (χ2n) is 6.89. The smallest absolute Gasteiger partial charge is 0.199 e. The number of nitrogens with zero attached hydrogens (tertiary/aromatic N) is 2. The van der Waals surface area contributed by atoms with Crippen LogP contribution in [0.1, 0.15) is 13.3 Å². The molecule has 24 heavy (non-hydrogen) atoms. The van der Waals surface area contributed by atoms with Gasteiger partial charge in [0, 0.05) is 17.7 Å². The quantitative estimate of drug-likeness (QED) is 0.559. The summed E-state index contributed by atoms with van der Waals surface area (Å²) in [6, 6.07) is 0. The van der Waals surface area contributed by atoms with E-state index in [1.807, 2.05) is 0 Å². The molecule has 2 aliphatic carbocycles. The number of likely N-dealkylation sites (N-methyl/N-ethyl adjacent to an activating group) is 1. The molecule has 1 atom stereocenters. The standard InChI is InChI=1S/C22H29N2/c1-22(24(4)5)17-15-20(16-18-22)10-8-6-7-9-19-11-13-21(14-12-19)23(2)3/h6-17H,18H2,1-5H3/q+1/b7-6+,10-8+. The average molecular weight is 321 g/mol. The van der Waals surface area contributed by atoms with Crippen LogP contribution in [0.5, 0.6) is 0 Å². The number of allylic oxidation sites excluding steroid dienone is 12. The van der Waals surface area contributed by atoms with Crippen molar-refractivity contribution in [2.75, 3.05) is 28.2 Å². The maximum atomic E-state index is 2.30.